The zero-order valence-electron chi connectivity index (χ0n) is 11.8. The van der Waals surface area contributed by atoms with Crippen LogP contribution in [0.1, 0.15) is 34.1 Å². The molecule has 2 rings (SSSR count). The predicted molar refractivity (Wildman–Crippen MR) is 69.8 cm³/mol. The van der Waals surface area contributed by atoms with Crippen LogP contribution in [0.5, 0.6) is 0 Å². The third kappa shape index (κ3) is 2.07. The molecule has 1 heterocycles. The molecule has 0 aromatic carbocycles. The highest BCUT2D eigenvalue weighted by atomic mass is 16.2. The number of carbonyl (C=O) groups is 2. The molecule has 1 aliphatic carbocycles. The van der Waals surface area contributed by atoms with Gasteiger partial charge in [0.1, 0.15) is 0 Å². The van der Waals surface area contributed by atoms with Gasteiger partial charge in [-0.25, -0.2) is 0 Å². The molecule has 0 bridgehead atoms. The van der Waals surface area contributed by atoms with Gasteiger partial charge in [0.05, 0.1) is 11.8 Å². The highest BCUT2D eigenvalue weighted by molar-refractivity contribution is 6.10. The van der Waals surface area contributed by atoms with Gasteiger partial charge in [-0.2, -0.15) is 0 Å². The van der Waals surface area contributed by atoms with Crippen molar-refractivity contribution >= 4 is 11.8 Å². The lowest BCUT2D eigenvalue weighted by Crippen LogP contribution is -2.41. The van der Waals surface area contributed by atoms with Gasteiger partial charge >= 0.3 is 0 Å². The molecule has 1 aliphatic heterocycles. The number of piperidine rings is 1. The predicted octanol–water partition coefficient (Wildman–Crippen LogP) is 1.26. The molecule has 18 heavy (non-hydrogen) atoms. The summed E-state index contributed by atoms with van der Waals surface area (Å²) in [5.41, 5.74) is -0.0889. The fourth-order valence-corrected chi connectivity index (χ4v) is 3.09. The van der Waals surface area contributed by atoms with Crippen LogP contribution in [0.3, 0.4) is 0 Å². The van der Waals surface area contributed by atoms with E-state index in [1.54, 1.807) is 0 Å². The van der Waals surface area contributed by atoms with E-state index in [0.717, 1.165) is 19.5 Å². The minimum atomic E-state index is -0.0889. The Kier molecular flexibility index (Phi) is 3.49. The van der Waals surface area contributed by atoms with Crippen LogP contribution in [0.2, 0.25) is 0 Å². The molecule has 0 aromatic heterocycles. The van der Waals surface area contributed by atoms with Crippen molar-refractivity contribution in [1.82, 2.24) is 10.2 Å². The number of nitrogens with zero attached hydrogens (tertiary/aromatic N) is 1. The number of rotatable bonds is 6. The Bertz CT molecular complexity index is 341. The normalized spacial score (nSPS) is 30.6. The van der Waals surface area contributed by atoms with Crippen LogP contribution in [0, 0.1) is 23.2 Å². The summed E-state index contributed by atoms with van der Waals surface area (Å²) in [6.45, 7) is 10.7. The minimum absolute atomic E-state index is 0.0409. The van der Waals surface area contributed by atoms with E-state index < -0.39 is 0 Å². The molecule has 2 fully saturated rings. The highest BCUT2D eigenvalue weighted by Gasteiger charge is 2.72. The first-order valence-corrected chi connectivity index (χ1v) is 6.97. The van der Waals surface area contributed by atoms with Gasteiger partial charge < -0.3 is 5.32 Å². The Hall–Kier alpha value is -0.900. The summed E-state index contributed by atoms with van der Waals surface area (Å²) in [7, 11) is 0. The van der Waals surface area contributed by atoms with E-state index in [4.69, 9.17) is 0 Å². The lowest BCUT2D eigenvalue weighted by molar-refractivity contribution is -0.143. The molecule has 4 nitrogen and oxygen atoms in total. The second-order valence-corrected chi connectivity index (χ2v) is 6.37. The molecule has 4 heteroatoms. The summed E-state index contributed by atoms with van der Waals surface area (Å²) in [6.07, 6.45) is 1.10. The fraction of sp³-hybridized carbons (Fsp3) is 0.857. The van der Waals surface area contributed by atoms with Gasteiger partial charge in [0.25, 0.3) is 0 Å². The largest absolute Gasteiger partial charge is 0.316 e. The average molecular weight is 252 g/mol. The molecule has 3 unspecified atom stereocenters. The summed E-state index contributed by atoms with van der Waals surface area (Å²) in [5.74, 6) is 0.348. The number of hydrogen-bond donors (Lipinski definition) is 1. The first-order chi connectivity index (χ1) is 8.41. The summed E-state index contributed by atoms with van der Waals surface area (Å²) in [4.78, 5) is 25.7. The monoisotopic (exact) mass is 252 g/mol. The SMILES string of the molecule is CCCNCC(C)CN1C(=O)C2C(C1=O)C2(C)C. The molecular weight excluding hydrogens is 228 g/mol. The quantitative estimate of drug-likeness (QED) is 0.572. The molecule has 0 aromatic rings. The van der Waals surface area contributed by atoms with Crippen LogP contribution in [0.15, 0.2) is 0 Å². The topological polar surface area (TPSA) is 49.4 Å². The maximum atomic E-state index is 12.1. The van der Waals surface area contributed by atoms with E-state index >= 15 is 0 Å². The molecule has 0 spiro atoms. The van der Waals surface area contributed by atoms with E-state index in [1.807, 2.05) is 13.8 Å². The molecule has 0 radical (unpaired) electrons. The number of hydrogen-bond acceptors (Lipinski definition) is 3. The number of carbonyl (C=O) groups excluding carboxylic acids is 2. The second kappa shape index (κ2) is 4.65. The Labute approximate surface area is 109 Å². The maximum absolute atomic E-state index is 12.1. The molecule has 3 atom stereocenters. The van der Waals surface area contributed by atoms with Crippen LogP contribution in [-0.4, -0.2) is 36.3 Å². The first kappa shape index (κ1) is 13.5. The summed E-state index contributed by atoms with van der Waals surface area (Å²) in [6, 6.07) is 0. The standard InChI is InChI=1S/C14H24N2O2/c1-5-6-15-7-9(2)8-16-12(17)10-11(13(16)18)14(10,3)4/h9-11,15H,5-8H2,1-4H3. The van der Waals surface area contributed by atoms with Gasteiger partial charge in [-0.3, -0.25) is 14.5 Å². The van der Waals surface area contributed by atoms with Crippen LogP contribution in [-0.2, 0) is 9.59 Å². The van der Waals surface area contributed by atoms with Crippen LogP contribution in [0.25, 0.3) is 0 Å². The van der Waals surface area contributed by atoms with Crippen molar-refractivity contribution in [3.05, 3.63) is 0 Å². The third-order valence-corrected chi connectivity index (χ3v) is 4.31. The maximum Gasteiger partial charge on any atom is 0.233 e. The fourth-order valence-electron chi connectivity index (χ4n) is 3.09. The molecule has 1 saturated carbocycles. The first-order valence-electron chi connectivity index (χ1n) is 6.97. The van der Waals surface area contributed by atoms with E-state index in [1.165, 1.54) is 4.90 Å². The van der Waals surface area contributed by atoms with Gasteiger partial charge in [0, 0.05) is 6.54 Å². The van der Waals surface area contributed by atoms with Gasteiger partial charge in [0.15, 0.2) is 0 Å². The number of fused-ring (bicyclic) bond motifs is 1. The van der Waals surface area contributed by atoms with Gasteiger partial charge in [-0.15, -0.1) is 0 Å². The summed E-state index contributed by atoms with van der Waals surface area (Å²) < 4.78 is 0. The summed E-state index contributed by atoms with van der Waals surface area (Å²) in [5, 5.41) is 3.33. The molecule has 1 saturated heterocycles. The van der Waals surface area contributed by atoms with E-state index in [9.17, 15) is 9.59 Å². The van der Waals surface area contributed by atoms with Gasteiger partial charge in [0.2, 0.25) is 11.8 Å². The Morgan fingerprint density at radius 3 is 2.33 bits per heavy atom. The van der Waals surface area contributed by atoms with Crippen molar-refractivity contribution in [3.63, 3.8) is 0 Å². The average Bonchev–Trinajstić information content (AvgIpc) is 2.77. The number of amides is 2. The lowest BCUT2D eigenvalue weighted by atomic mass is 10.0. The molecule has 1 N–H and O–H groups in total. The van der Waals surface area contributed by atoms with Crippen molar-refractivity contribution in [2.75, 3.05) is 19.6 Å². The lowest BCUT2D eigenvalue weighted by Gasteiger charge is -2.24. The highest BCUT2D eigenvalue weighted by Crippen LogP contribution is 2.63. The zero-order chi connectivity index (χ0) is 13.5. The van der Waals surface area contributed by atoms with Gasteiger partial charge in [-0.05, 0) is 30.8 Å². The van der Waals surface area contributed by atoms with E-state index in [0.29, 0.717) is 12.5 Å². The second-order valence-electron chi connectivity index (χ2n) is 6.37. The third-order valence-electron chi connectivity index (χ3n) is 4.31. The van der Waals surface area contributed by atoms with Crippen molar-refractivity contribution in [2.24, 2.45) is 23.2 Å². The Morgan fingerprint density at radius 1 is 1.28 bits per heavy atom. The number of nitrogens with one attached hydrogen (secondary N) is 1. The van der Waals surface area contributed by atoms with E-state index in [2.05, 4.69) is 19.2 Å². The van der Waals surface area contributed by atoms with Crippen LogP contribution >= 0.6 is 0 Å². The summed E-state index contributed by atoms with van der Waals surface area (Å²) >= 11 is 0. The molecule has 2 amide bonds. The Morgan fingerprint density at radius 2 is 1.83 bits per heavy atom. The molecule has 2 aliphatic rings. The van der Waals surface area contributed by atoms with Crippen molar-refractivity contribution < 1.29 is 9.59 Å². The zero-order valence-corrected chi connectivity index (χ0v) is 11.8. The molecular formula is C14H24N2O2. The smallest absolute Gasteiger partial charge is 0.233 e. The Balaban J connectivity index is 1.85. The van der Waals surface area contributed by atoms with Crippen molar-refractivity contribution in [3.8, 4) is 0 Å². The number of likely N-dealkylation sites (tertiary alicyclic amines) is 1. The van der Waals surface area contributed by atoms with Crippen LogP contribution < -0.4 is 5.32 Å². The van der Waals surface area contributed by atoms with Crippen molar-refractivity contribution in [1.29, 1.82) is 0 Å². The minimum Gasteiger partial charge on any atom is -0.316 e. The van der Waals surface area contributed by atoms with Crippen LogP contribution in [0.4, 0.5) is 0 Å². The van der Waals surface area contributed by atoms with E-state index in [-0.39, 0.29) is 29.1 Å². The molecule has 102 valence electrons. The number of imide groups is 1. The van der Waals surface area contributed by atoms with Crippen molar-refractivity contribution in [2.45, 2.75) is 34.1 Å². The van der Waals surface area contributed by atoms with Gasteiger partial charge in [-0.1, -0.05) is 27.7 Å².